The third kappa shape index (κ3) is 5.99. The van der Waals surface area contributed by atoms with Crippen LogP contribution in [-0.4, -0.2) is 28.1 Å². The van der Waals surface area contributed by atoms with Crippen molar-refractivity contribution >= 4 is 23.2 Å². The van der Waals surface area contributed by atoms with E-state index in [1.165, 1.54) is 24.3 Å². The summed E-state index contributed by atoms with van der Waals surface area (Å²) in [5.74, 6) is -1.75. The van der Waals surface area contributed by atoms with Crippen LogP contribution in [0.5, 0.6) is 5.75 Å². The number of nitrogens with zero attached hydrogens (tertiary/aromatic N) is 2. The number of carbonyl (C=O) groups excluding carboxylic acids is 1. The molecule has 0 bridgehead atoms. The Morgan fingerprint density at radius 3 is 2.56 bits per heavy atom. The number of aromatic nitrogens is 2. The van der Waals surface area contributed by atoms with E-state index in [1.807, 2.05) is 37.7 Å². The molecule has 3 aromatic rings. The molecule has 36 heavy (non-hydrogen) atoms. The van der Waals surface area contributed by atoms with Gasteiger partial charge in [0.25, 0.3) is 0 Å². The van der Waals surface area contributed by atoms with Crippen LogP contribution < -0.4 is 15.4 Å². The van der Waals surface area contributed by atoms with Gasteiger partial charge < -0.3 is 10.1 Å². The predicted molar refractivity (Wildman–Crippen MR) is 127 cm³/mol. The lowest BCUT2D eigenvalue weighted by atomic mass is 9.90. The van der Waals surface area contributed by atoms with E-state index in [1.54, 1.807) is 6.07 Å². The minimum absolute atomic E-state index is 0.0134. The average Bonchev–Trinajstić information content (AvgIpc) is 3.42. The first kappa shape index (κ1) is 26.0. The van der Waals surface area contributed by atoms with E-state index in [0.29, 0.717) is 12.0 Å². The molecule has 1 aromatic heterocycles. The van der Waals surface area contributed by atoms with Gasteiger partial charge in [0, 0.05) is 29.9 Å². The van der Waals surface area contributed by atoms with Crippen molar-refractivity contribution in [1.29, 1.82) is 0 Å². The Balaban J connectivity index is 1.58. The number of ether oxygens (including phenoxy) is 1. The van der Waals surface area contributed by atoms with Gasteiger partial charge in [0.05, 0.1) is 22.3 Å². The van der Waals surface area contributed by atoms with Crippen LogP contribution in [0.1, 0.15) is 50.4 Å². The molecule has 2 heterocycles. The van der Waals surface area contributed by atoms with Crippen LogP contribution in [0.2, 0.25) is 5.02 Å². The highest BCUT2D eigenvalue weighted by Crippen LogP contribution is 2.41. The lowest BCUT2D eigenvalue weighted by Gasteiger charge is -2.21. The van der Waals surface area contributed by atoms with Crippen molar-refractivity contribution in [2.75, 3.05) is 5.32 Å². The Morgan fingerprint density at radius 1 is 1.17 bits per heavy atom. The topological polar surface area (TPSA) is 68.2 Å². The average molecular weight is 525 g/mol. The second-order valence-electron chi connectivity index (χ2n) is 9.63. The van der Waals surface area contributed by atoms with Gasteiger partial charge in [-0.3, -0.25) is 14.8 Å². The minimum Gasteiger partial charge on any atom is -0.406 e. The highest BCUT2D eigenvalue weighted by Gasteiger charge is 2.40. The van der Waals surface area contributed by atoms with Gasteiger partial charge in [0.2, 0.25) is 5.91 Å². The number of carbonyl (C=O) groups is 1. The van der Waals surface area contributed by atoms with Crippen molar-refractivity contribution in [2.45, 2.75) is 57.1 Å². The molecule has 1 saturated heterocycles. The molecular weight excluding hydrogens is 500 g/mol. The van der Waals surface area contributed by atoms with Gasteiger partial charge in [-0.2, -0.15) is 5.10 Å². The molecule has 0 saturated carbocycles. The first-order valence-corrected chi connectivity index (χ1v) is 11.6. The fraction of sp³-hybridized carbons (Fsp3) is 0.360. The second-order valence-corrected chi connectivity index (χ2v) is 10.0. The maximum absolute atomic E-state index is 14.3. The van der Waals surface area contributed by atoms with Crippen LogP contribution in [0, 0.1) is 5.82 Å². The lowest BCUT2D eigenvalue weighted by Crippen LogP contribution is -2.36. The van der Waals surface area contributed by atoms with E-state index in [0.717, 1.165) is 17.8 Å². The van der Waals surface area contributed by atoms with E-state index >= 15 is 0 Å². The van der Waals surface area contributed by atoms with Crippen molar-refractivity contribution < 1.29 is 27.1 Å². The van der Waals surface area contributed by atoms with Crippen molar-refractivity contribution in [3.05, 3.63) is 76.8 Å². The fourth-order valence-corrected chi connectivity index (χ4v) is 4.33. The van der Waals surface area contributed by atoms with Crippen LogP contribution >= 0.6 is 11.6 Å². The fourth-order valence-electron chi connectivity index (χ4n) is 4.21. The zero-order valence-corrected chi connectivity index (χ0v) is 20.5. The van der Waals surface area contributed by atoms with Crippen molar-refractivity contribution in [2.24, 2.45) is 0 Å². The van der Waals surface area contributed by atoms with E-state index < -0.39 is 35.9 Å². The standard InChI is InChI=1S/C25H25ClF4N4O2/c1-24(2,3)34-10-9-20(33-34)17-13-21(32-22(17)14-7-8-18(26)19(27)11-14)23(35)31-15-5-4-6-16(12-15)36-25(28,29)30/h4-12,17,21-22,32H,13H2,1-3H3,(H,31,35)/t17?,21-,22-/m0/s1. The molecule has 1 unspecified atom stereocenters. The summed E-state index contributed by atoms with van der Waals surface area (Å²) in [4.78, 5) is 13.1. The van der Waals surface area contributed by atoms with Crippen molar-refractivity contribution in [3.63, 3.8) is 0 Å². The largest absolute Gasteiger partial charge is 0.573 e. The number of hydrogen-bond acceptors (Lipinski definition) is 4. The predicted octanol–water partition coefficient (Wildman–Crippen LogP) is 6.15. The number of amides is 1. The molecule has 2 N–H and O–H groups in total. The summed E-state index contributed by atoms with van der Waals surface area (Å²) in [5, 5.41) is 10.6. The Kier molecular flexibility index (Phi) is 7.03. The maximum Gasteiger partial charge on any atom is 0.573 e. The van der Waals surface area contributed by atoms with Gasteiger partial charge in [0.1, 0.15) is 11.6 Å². The minimum atomic E-state index is -4.85. The zero-order valence-electron chi connectivity index (χ0n) is 19.7. The Bertz CT molecular complexity index is 1260. The normalized spacial score (nSPS) is 20.4. The number of rotatable bonds is 5. The van der Waals surface area contributed by atoms with E-state index in [-0.39, 0.29) is 22.2 Å². The molecule has 3 atom stereocenters. The maximum atomic E-state index is 14.3. The Labute approximate surface area is 210 Å². The van der Waals surface area contributed by atoms with Crippen LogP contribution in [0.15, 0.2) is 54.7 Å². The summed E-state index contributed by atoms with van der Waals surface area (Å²) >= 11 is 5.86. The van der Waals surface area contributed by atoms with E-state index in [9.17, 15) is 22.4 Å². The van der Waals surface area contributed by atoms with Crippen molar-refractivity contribution in [3.8, 4) is 5.75 Å². The molecule has 1 aliphatic rings. The van der Waals surface area contributed by atoms with Crippen LogP contribution in [-0.2, 0) is 10.3 Å². The Morgan fingerprint density at radius 2 is 1.92 bits per heavy atom. The molecule has 0 radical (unpaired) electrons. The van der Waals surface area contributed by atoms with Crippen LogP contribution in [0.4, 0.5) is 23.2 Å². The third-order valence-electron chi connectivity index (χ3n) is 5.90. The number of anilines is 1. The first-order chi connectivity index (χ1) is 16.8. The number of alkyl halides is 3. The summed E-state index contributed by atoms with van der Waals surface area (Å²) in [6, 6.07) is 10.2. The summed E-state index contributed by atoms with van der Waals surface area (Å²) in [5.41, 5.74) is 1.22. The van der Waals surface area contributed by atoms with Gasteiger partial charge in [0.15, 0.2) is 0 Å². The van der Waals surface area contributed by atoms with Gasteiger partial charge in [-0.05, 0) is 63.1 Å². The Hall–Kier alpha value is -3.11. The molecule has 11 heteroatoms. The molecule has 192 valence electrons. The smallest absolute Gasteiger partial charge is 0.406 e. The number of benzene rings is 2. The highest BCUT2D eigenvalue weighted by atomic mass is 35.5. The van der Waals surface area contributed by atoms with E-state index in [2.05, 4.69) is 15.4 Å². The number of halogens is 5. The summed E-state index contributed by atoms with van der Waals surface area (Å²) in [6.45, 7) is 6.03. The van der Waals surface area contributed by atoms with Crippen LogP contribution in [0.3, 0.4) is 0 Å². The molecule has 2 aromatic carbocycles. The number of nitrogens with one attached hydrogen (secondary N) is 2. The molecule has 0 spiro atoms. The summed E-state index contributed by atoms with van der Waals surface area (Å²) in [6.07, 6.45) is -2.66. The van der Waals surface area contributed by atoms with Crippen LogP contribution in [0.25, 0.3) is 0 Å². The van der Waals surface area contributed by atoms with E-state index in [4.69, 9.17) is 16.7 Å². The molecule has 1 fully saturated rings. The van der Waals surface area contributed by atoms with Gasteiger partial charge in [-0.15, -0.1) is 13.2 Å². The molecule has 4 rings (SSSR count). The molecule has 1 aliphatic heterocycles. The zero-order chi connectivity index (χ0) is 26.3. The highest BCUT2D eigenvalue weighted by molar-refractivity contribution is 6.30. The molecule has 6 nitrogen and oxygen atoms in total. The van der Waals surface area contributed by atoms with Gasteiger partial charge >= 0.3 is 6.36 Å². The van der Waals surface area contributed by atoms with Crippen molar-refractivity contribution in [1.82, 2.24) is 15.1 Å². The van der Waals surface area contributed by atoms with Gasteiger partial charge in [-0.1, -0.05) is 23.7 Å². The second kappa shape index (κ2) is 9.74. The third-order valence-corrected chi connectivity index (χ3v) is 6.21. The summed E-state index contributed by atoms with van der Waals surface area (Å²) < 4.78 is 57.7. The molecular formula is C25H25ClF4N4O2. The monoisotopic (exact) mass is 524 g/mol. The summed E-state index contributed by atoms with van der Waals surface area (Å²) in [7, 11) is 0. The quantitative estimate of drug-likeness (QED) is 0.393. The van der Waals surface area contributed by atoms with Gasteiger partial charge in [-0.25, -0.2) is 4.39 Å². The molecule has 1 amide bonds. The lowest BCUT2D eigenvalue weighted by molar-refractivity contribution is -0.274. The number of hydrogen-bond donors (Lipinski definition) is 2. The first-order valence-electron chi connectivity index (χ1n) is 11.2. The molecule has 0 aliphatic carbocycles. The SMILES string of the molecule is CC(C)(C)n1ccc(C2C[C@@H](C(=O)Nc3cccc(OC(F)(F)F)c3)N[C@H]2c2ccc(Cl)c(F)c2)n1.